The van der Waals surface area contributed by atoms with Crippen molar-refractivity contribution in [3.05, 3.63) is 23.2 Å². The lowest BCUT2D eigenvalue weighted by Gasteiger charge is -2.22. The van der Waals surface area contributed by atoms with Crippen LogP contribution in [0.15, 0.2) is 23.1 Å². The molecule has 0 radical (unpaired) electrons. The summed E-state index contributed by atoms with van der Waals surface area (Å²) in [7, 11) is 0. The van der Waals surface area contributed by atoms with Gasteiger partial charge in [0.25, 0.3) is 0 Å². The third-order valence-corrected chi connectivity index (χ3v) is 4.55. The molecule has 2 rings (SSSR count). The molecule has 1 amide bonds. The van der Waals surface area contributed by atoms with E-state index in [2.05, 4.69) is 24.5 Å². The monoisotopic (exact) mass is 348 g/mol. The molecule has 1 aliphatic heterocycles. The Bertz CT molecular complexity index is 477. The van der Waals surface area contributed by atoms with E-state index >= 15 is 0 Å². The van der Waals surface area contributed by atoms with Gasteiger partial charge in [-0.25, -0.2) is 0 Å². The highest BCUT2D eigenvalue weighted by atomic mass is 35.5. The maximum atomic E-state index is 12.3. The molecule has 0 spiro atoms. The van der Waals surface area contributed by atoms with Crippen molar-refractivity contribution >= 4 is 47.4 Å². The summed E-state index contributed by atoms with van der Waals surface area (Å²) in [5.41, 5.74) is 0.826. The number of halogens is 2. The number of carbonyl (C=O) groups excluding carboxylic acids is 1. The van der Waals surface area contributed by atoms with E-state index < -0.39 is 0 Å². The second-order valence-electron chi connectivity index (χ2n) is 5.34. The fraction of sp³-hybridized carbons (Fsp3) is 0.533. The average molecular weight is 349 g/mol. The average Bonchev–Trinajstić information content (AvgIpc) is 2.42. The minimum absolute atomic E-state index is 0. The largest absolute Gasteiger partial charge is 0.325 e. The van der Waals surface area contributed by atoms with E-state index in [0.29, 0.717) is 10.3 Å². The summed E-state index contributed by atoms with van der Waals surface area (Å²) >= 11 is 7.78. The molecule has 21 heavy (non-hydrogen) atoms. The van der Waals surface area contributed by atoms with Gasteiger partial charge in [0, 0.05) is 21.7 Å². The number of piperidine rings is 1. The predicted molar refractivity (Wildman–Crippen MR) is 93.9 cm³/mol. The third kappa shape index (κ3) is 5.70. The zero-order valence-corrected chi connectivity index (χ0v) is 14.7. The summed E-state index contributed by atoms with van der Waals surface area (Å²) < 4.78 is 0. The lowest BCUT2D eigenvalue weighted by molar-refractivity contribution is -0.120. The molecule has 1 saturated heterocycles. The number of rotatable bonds is 4. The Morgan fingerprint density at radius 2 is 2.24 bits per heavy atom. The van der Waals surface area contributed by atoms with E-state index in [1.54, 1.807) is 11.8 Å². The van der Waals surface area contributed by atoms with Crippen LogP contribution >= 0.6 is 35.8 Å². The Labute approximate surface area is 142 Å². The molecule has 1 aromatic rings. The first-order valence-electron chi connectivity index (χ1n) is 7.04. The number of anilines is 1. The van der Waals surface area contributed by atoms with Crippen LogP contribution in [0.1, 0.15) is 26.7 Å². The maximum absolute atomic E-state index is 12.3. The lowest BCUT2D eigenvalue weighted by atomic mass is 9.99. The summed E-state index contributed by atoms with van der Waals surface area (Å²) in [5, 5.41) is 7.42. The van der Waals surface area contributed by atoms with Crippen LogP contribution in [0.2, 0.25) is 5.02 Å². The molecule has 1 atom stereocenters. The predicted octanol–water partition coefficient (Wildman–Crippen LogP) is 4.20. The number of thioether (sulfide) groups is 1. The summed E-state index contributed by atoms with van der Waals surface area (Å²) in [4.78, 5) is 13.4. The van der Waals surface area contributed by atoms with Crippen molar-refractivity contribution in [3.63, 3.8) is 0 Å². The number of amides is 1. The van der Waals surface area contributed by atoms with Crippen molar-refractivity contribution in [2.45, 2.75) is 36.8 Å². The number of hydrogen-bond acceptors (Lipinski definition) is 3. The van der Waals surface area contributed by atoms with Crippen molar-refractivity contribution in [1.82, 2.24) is 5.32 Å². The standard InChI is InChI=1S/C15H21ClN2OS.ClH/c1-10(2)20-14-6-5-12(16)8-13(14)18-15(19)11-4-3-7-17-9-11;/h5-6,8,10-11,17H,3-4,7,9H2,1-2H3,(H,18,19);1H. The molecule has 0 aliphatic carbocycles. The maximum Gasteiger partial charge on any atom is 0.228 e. The second kappa shape index (κ2) is 8.89. The molecule has 3 nitrogen and oxygen atoms in total. The lowest BCUT2D eigenvalue weighted by Crippen LogP contribution is -2.37. The Balaban J connectivity index is 0.00000220. The Hall–Kier alpha value is -0.420. The highest BCUT2D eigenvalue weighted by molar-refractivity contribution is 8.00. The van der Waals surface area contributed by atoms with Gasteiger partial charge in [0.15, 0.2) is 0 Å². The third-order valence-electron chi connectivity index (χ3n) is 3.23. The second-order valence-corrected chi connectivity index (χ2v) is 7.39. The molecular formula is C15H22Cl2N2OS. The van der Waals surface area contributed by atoms with Crippen LogP contribution in [0.25, 0.3) is 0 Å². The van der Waals surface area contributed by atoms with Crippen LogP contribution in [-0.4, -0.2) is 24.2 Å². The van der Waals surface area contributed by atoms with Crippen LogP contribution in [0.3, 0.4) is 0 Å². The Morgan fingerprint density at radius 1 is 1.48 bits per heavy atom. The molecule has 1 unspecified atom stereocenters. The van der Waals surface area contributed by atoms with Crippen LogP contribution in [0.5, 0.6) is 0 Å². The molecule has 1 fully saturated rings. The van der Waals surface area contributed by atoms with E-state index in [1.165, 1.54) is 0 Å². The van der Waals surface area contributed by atoms with Gasteiger partial charge in [-0.05, 0) is 37.6 Å². The minimum atomic E-state index is 0. The summed E-state index contributed by atoms with van der Waals surface area (Å²) in [6.07, 6.45) is 2.01. The Kier molecular flexibility index (Phi) is 7.88. The van der Waals surface area contributed by atoms with E-state index in [9.17, 15) is 4.79 Å². The number of nitrogens with one attached hydrogen (secondary N) is 2. The van der Waals surface area contributed by atoms with Gasteiger partial charge in [0.2, 0.25) is 5.91 Å². The van der Waals surface area contributed by atoms with Gasteiger partial charge >= 0.3 is 0 Å². The molecule has 118 valence electrons. The van der Waals surface area contributed by atoms with Crippen LogP contribution in [-0.2, 0) is 4.79 Å². The van der Waals surface area contributed by atoms with E-state index in [1.807, 2.05) is 18.2 Å². The summed E-state index contributed by atoms with van der Waals surface area (Å²) in [6, 6.07) is 5.67. The fourth-order valence-electron chi connectivity index (χ4n) is 2.27. The van der Waals surface area contributed by atoms with Crippen molar-refractivity contribution in [2.75, 3.05) is 18.4 Å². The zero-order valence-electron chi connectivity index (χ0n) is 12.3. The first-order valence-corrected chi connectivity index (χ1v) is 8.30. The van der Waals surface area contributed by atoms with E-state index in [0.717, 1.165) is 36.5 Å². The smallest absolute Gasteiger partial charge is 0.228 e. The van der Waals surface area contributed by atoms with Crippen molar-refractivity contribution in [2.24, 2.45) is 5.92 Å². The number of benzene rings is 1. The SMILES string of the molecule is CC(C)Sc1ccc(Cl)cc1NC(=O)C1CCCNC1.Cl. The number of carbonyl (C=O) groups is 1. The summed E-state index contributed by atoms with van der Waals surface area (Å²) in [5.74, 6) is 0.143. The van der Waals surface area contributed by atoms with Gasteiger partial charge in [-0.15, -0.1) is 24.2 Å². The van der Waals surface area contributed by atoms with Crippen molar-refractivity contribution in [1.29, 1.82) is 0 Å². The first kappa shape index (κ1) is 18.6. The van der Waals surface area contributed by atoms with Crippen LogP contribution in [0, 0.1) is 5.92 Å². The Morgan fingerprint density at radius 3 is 2.86 bits per heavy atom. The van der Waals surface area contributed by atoms with Gasteiger partial charge in [0.1, 0.15) is 0 Å². The highest BCUT2D eigenvalue weighted by Crippen LogP contribution is 2.33. The molecule has 0 aromatic heterocycles. The van der Waals surface area contributed by atoms with Gasteiger partial charge < -0.3 is 10.6 Å². The highest BCUT2D eigenvalue weighted by Gasteiger charge is 2.21. The zero-order chi connectivity index (χ0) is 14.5. The topological polar surface area (TPSA) is 41.1 Å². The fourth-order valence-corrected chi connectivity index (χ4v) is 3.33. The van der Waals surface area contributed by atoms with Crippen molar-refractivity contribution < 1.29 is 4.79 Å². The van der Waals surface area contributed by atoms with Crippen LogP contribution < -0.4 is 10.6 Å². The molecule has 1 heterocycles. The molecule has 1 aliphatic rings. The van der Waals surface area contributed by atoms with Gasteiger partial charge in [-0.3, -0.25) is 4.79 Å². The molecule has 6 heteroatoms. The van der Waals surface area contributed by atoms with Gasteiger partial charge in [-0.1, -0.05) is 25.4 Å². The molecule has 1 aromatic carbocycles. The first-order chi connectivity index (χ1) is 9.56. The number of hydrogen-bond donors (Lipinski definition) is 2. The summed E-state index contributed by atoms with van der Waals surface area (Å²) in [6.45, 7) is 6.04. The van der Waals surface area contributed by atoms with Gasteiger partial charge in [0.05, 0.1) is 11.6 Å². The minimum Gasteiger partial charge on any atom is -0.325 e. The van der Waals surface area contributed by atoms with E-state index in [4.69, 9.17) is 11.6 Å². The normalized spacial score (nSPS) is 18.2. The molecule has 0 bridgehead atoms. The van der Waals surface area contributed by atoms with E-state index in [-0.39, 0.29) is 24.2 Å². The van der Waals surface area contributed by atoms with Gasteiger partial charge in [-0.2, -0.15) is 0 Å². The van der Waals surface area contributed by atoms with Crippen molar-refractivity contribution in [3.8, 4) is 0 Å². The van der Waals surface area contributed by atoms with Crippen LogP contribution in [0.4, 0.5) is 5.69 Å². The molecule has 0 saturated carbocycles. The molecule has 2 N–H and O–H groups in total. The molecular weight excluding hydrogens is 327 g/mol. The quantitative estimate of drug-likeness (QED) is 0.801.